The lowest BCUT2D eigenvalue weighted by molar-refractivity contribution is -0.0280. The first-order chi connectivity index (χ1) is 10.0. The highest BCUT2D eigenvalue weighted by Crippen LogP contribution is 2.37. The highest BCUT2D eigenvalue weighted by Gasteiger charge is 2.39. The van der Waals surface area contributed by atoms with Crippen LogP contribution in [-0.2, 0) is 4.74 Å². The van der Waals surface area contributed by atoms with Gasteiger partial charge in [0.05, 0.1) is 26.4 Å². The van der Waals surface area contributed by atoms with Gasteiger partial charge in [0.2, 0.25) is 0 Å². The first kappa shape index (κ1) is 16.2. The molecule has 118 valence electrons. The second kappa shape index (κ2) is 6.73. The monoisotopic (exact) mass is 296 g/mol. The van der Waals surface area contributed by atoms with Crippen LogP contribution in [0.1, 0.15) is 31.9 Å². The van der Waals surface area contributed by atoms with Crippen molar-refractivity contribution in [3.8, 4) is 5.75 Å². The molecule has 1 aliphatic rings. The molecule has 4 nitrogen and oxygen atoms in total. The van der Waals surface area contributed by atoms with Crippen LogP contribution in [0.15, 0.2) is 18.2 Å². The van der Waals surface area contributed by atoms with Gasteiger partial charge >= 0.3 is 0 Å². The first-order valence-corrected chi connectivity index (χ1v) is 7.44. The third-order valence-electron chi connectivity index (χ3n) is 4.65. The number of benzene rings is 1. The number of methoxy groups -OCH3 is 1. The summed E-state index contributed by atoms with van der Waals surface area (Å²) in [6.07, 6.45) is 0.869. The molecule has 0 bridgehead atoms. The first-order valence-electron chi connectivity index (χ1n) is 7.44. The minimum absolute atomic E-state index is 0.259. The van der Waals surface area contributed by atoms with Crippen molar-refractivity contribution >= 4 is 0 Å². The fraction of sp³-hybridized carbons (Fsp3) is 0.625. The summed E-state index contributed by atoms with van der Waals surface area (Å²) in [5.74, 6) is 0.346. The fourth-order valence-electron chi connectivity index (χ4n) is 3.00. The third kappa shape index (κ3) is 3.20. The summed E-state index contributed by atoms with van der Waals surface area (Å²) in [7, 11) is 1.58. The molecule has 0 saturated carbocycles. The largest absolute Gasteiger partial charge is 0.496 e. The molecule has 21 heavy (non-hydrogen) atoms. The fourth-order valence-corrected chi connectivity index (χ4v) is 3.00. The van der Waals surface area contributed by atoms with Gasteiger partial charge in [-0.25, -0.2) is 4.39 Å². The molecule has 0 aliphatic carbocycles. The average Bonchev–Trinajstić information content (AvgIpc) is 2.54. The van der Waals surface area contributed by atoms with Gasteiger partial charge in [0.25, 0.3) is 0 Å². The molecule has 1 heterocycles. The maximum absolute atomic E-state index is 13.6. The molecule has 1 fully saturated rings. The van der Waals surface area contributed by atoms with Crippen LogP contribution in [0, 0.1) is 5.82 Å². The quantitative estimate of drug-likeness (QED) is 0.906. The van der Waals surface area contributed by atoms with E-state index in [4.69, 9.17) is 15.2 Å². The molecule has 1 aliphatic heterocycles. The molecule has 2 unspecified atom stereocenters. The smallest absolute Gasteiger partial charge is 0.123 e. The number of halogens is 1. The Bertz CT molecular complexity index is 477. The second-order valence-corrected chi connectivity index (χ2v) is 5.67. The van der Waals surface area contributed by atoms with E-state index in [9.17, 15) is 4.39 Å². The maximum Gasteiger partial charge on any atom is 0.123 e. The summed E-state index contributed by atoms with van der Waals surface area (Å²) in [5, 5.41) is 0. The Morgan fingerprint density at radius 1 is 1.43 bits per heavy atom. The molecule has 0 aromatic heterocycles. The van der Waals surface area contributed by atoms with E-state index in [1.807, 2.05) is 0 Å². The zero-order valence-corrected chi connectivity index (χ0v) is 13.1. The Morgan fingerprint density at radius 3 is 2.67 bits per heavy atom. The molecule has 5 heteroatoms. The van der Waals surface area contributed by atoms with Crippen molar-refractivity contribution in [1.29, 1.82) is 0 Å². The molecule has 0 spiro atoms. The van der Waals surface area contributed by atoms with Crippen LogP contribution in [0.2, 0.25) is 0 Å². The SMILES string of the molecule is CCC(C)(C(N)c1cc(F)ccc1OC)N1CCOCC1. The maximum atomic E-state index is 13.6. The van der Waals surface area contributed by atoms with Gasteiger partial charge in [-0.2, -0.15) is 0 Å². The highest BCUT2D eigenvalue weighted by atomic mass is 19.1. The number of hydrogen-bond donors (Lipinski definition) is 1. The molecule has 2 N–H and O–H groups in total. The van der Waals surface area contributed by atoms with Crippen molar-refractivity contribution in [3.63, 3.8) is 0 Å². The Morgan fingerprint density at radius 2 is 2.10 bits per heavy atom. The standard InChI is InChI=1S/C16H25FN2O2/c1-4-16(2,19-7-9-21-10-8-19)15(18)13-11-12(17)5-6-14(13)20-3/h5-6,11,15H,4,7-10,18H2,1-3H3. The summed E-state index contributed by atoms with van der Waals surface area (Å²) in [6.45, 7) is 7.35. The van der Waals surface area contributed by atoms with E-state index in [-0.39, 0.29) is 17.4 Å². The topological polar surface area (TPSA) is 47.7 Å². The van der Waals surface area contributed by atoms with Crippen LogP contribution in [0.25, 0.3) is 0 Å². The summed E-state index contributed by atoms with van der Waals surface area (Å²) in [4.78, 5) is 2.34. The number of morpholine rings is 1. The Hall–Kier alpha value is -1.17. The number of nitrogens with zero attached hydrogens (tertiary/aromatic N) is 1. The molecular formula is C16H25FN2O2. The normalized spacial score (nSPS) is 20.8. The van der Waals surface area contributed by atoms with Gasteiger partial charge in [-0.05, 0) is 31.5 Å². The van der Waals surface area contributed by atoms with E-state index >= 15 is 0 Å². The Kier molecular flexibility index (Phi) is 5.19. The number of hydrogen-bond acceptors (Lipinski definition) is 4. The number of rotatable bonds is 5. The van der Waals surface area contributed by atoms with E-state index < -0.39 is 0 Å². The predicted molar refractivity (Wildman–Crippen MR) is 81.0 cm³/mol. The van der Waals surface area contributed by atoms with Gasteiger partial charge in [-0.15, -0.1) is 0 Å². The zero-order chi connectivity index (χ0) is 15.5. The van der Waals surface area contributed by atoms with Gasteiger partial charge in [0, 0.05) is 24.2 Å². The summed E-state index contributed by atoms with van der Waals surface area (Å²) in [5.41, 5.74) is 6.99. The Balaban J connectivity index is 2.34. The highest BCUT2D eigenvalue weighted by molar-refractivity contribution is 5.38. The van der Waals surface area contributed by atoms with Crippen LogP contribution in [0.4, 0.5) is 4.39 Å². The minimum Gasteiger partial charge on any atom is -0.496 e. The average molecular weight is 296 g/mol. The van der Waals surface area contributed by atoms with Gasteiger partial charge in [-0.3, -0.25) is 4.90 Å². The van der Waals surface area contributed by atoms with Crippen LogP contribution in [-0.4, -0.2) is 43.9 Å². The van der Waals surface area contributed by atoms with Crippen LogP contribution < -0.4 is 10.5 Å². The molecule has 1 aromatic rings. The van der Waals surface area contributed by atoms with Crippen molar-refractivity contribution < 1.29 is 13.9 Å². The number of nitrogens with two attached hydrogens (primary N) is 1. The lowest BCUT2D eigenvalue weighted by Crippen LogP contribution is -2.56. The van der Waals surface area contributed by atoms with Crippen LogP contribution >= 0.6 is 0 Å². The van der Waals surface area contributed by atoms with Crippen LogP contribution in [0.3, 0.4) is 0 Å². The zero-order valence-electron chi connectivity index (χ0n) is 13.1. The molecule has 0 radical (unpaired) electrons. The molecular weight excluding hydrogens is 271 g/mol. The predicted octanol–water partition coefficient (Wildman–Crippen LogP) is 2.34. The van der Waals surface area contributed by atoms with Crippen LogP contribution in [0.5, 0.6) is 5.75 Å². The molecule has 2 rings (SSSR count). The molecule has 0 amide bonds. The van der Waals surface area contributed by atoms with E-state index in [2.05, 4.69) is 18.7 Å². The number of ether oxygens (including phenoxy) is 2. The summed E-state index contributed by atoms with van der Waals surface area (Å²) >= 11 is 0. The lowest BCUT2D eigenvalue weighted by atomic mass is 9.82. The minimum atomic E-state index is -0.328. The lowest BCUT2D eigenvalue weighted by Gasteiger charge is -2.46. The van der Waals surface area contributed by atoms with Gasteiger partial charge < -0.3 is 15.2 Å². The second-order valence-electron chi connectivity index (χ2n) is 5.67. The van der Waals surface area contributed by atoms with Gasteiger partial charge in [0.1, 0.15) is 11.6 Å². The van der Waals surface area contributed by atoms with Crippen molar-refractivity contribution in [3.05, 3.63) is 29.6 Å². The summed E-state index contributed by atoms with van der Waals surface area (Å²) in [6, 6.07) is 4.19. The van der Waals surface area contributed by atoms with Crippen molar-refractivity contribution in [2.45, 2.75) is 31.8 Å². The molecule has 2 atom stereocenters. The van der Waals surface area contributed by atoms with Crippen molar-refractivity contribution in [2.24, 2.45) is 5.73 Å². The Labute approximate surface area is 126 Å². The van der Waals surface area contributed by atoms with E-state index in [1.165, 1.54) is 12.1 Å². The van der Waals surface area contributed by atoms with E-state index in [0.29, 0.717) is 24.5 Å². The van der Waals surface area contributed by atoms with Gasteiger partial charge in [0.15, 0.2) is 0 Å². The van der Waals surface area contributed by atoms with E-state index in [1.54, 1.807) is 13.2 Å². The molecule has 1 aromatic carbocycles. The van der Waals surface area contributed by atoms with Crippen molar-refractivity contribution in [2.75, 3.05) is 33.4 Å². The van der Waals surface area contributed by atoms with Crippen molar-refractivity contribution in [1.82, 2.24) is 4.90 Å². The molecule has 1 saturated heterocycles. The summed E-state index contributed by atoms with van der Waals surface area (Å²) < 4.78 is 24.4. The third-order valence-corrected chi connectivity index (χ3v) is 4.65. The van der Waals surface area contributed by atoms with Gasteiger partial charge in [-0.1, -0.05) is 6.92 Å². The van der Waals surface area contributed by atoms with E-state index in [0.717, 1.165) is 19.5 Å².